The molecule has 1 heterocycles. The van der Waals surface area contributed by atoms with Crippen LogP contribution in [-0.4, -0.2) is 30.6 Å². The van der Waals surface area contributed by atoms with Crippen molar-refractivity contribution in [2.45, 2.75) is 45.2 Å². The summed E-state index contributed by atoms with van der Waals surface area (Å²) < 4.78 is 0. The van der Waals surface area contributed by atoms with Crippen molar-refractivity contribution in [2.75, 3.05) is 19.6 Å². The lowest BCUT2D eigenvalue weighted by Crippen LogP contribution is -2.49. The second-order valence-corrected chi connectivity index (χ2v) is 6.74. The Labute approximate surface area is 123 Å². The van der Waals surface area contributed by atoms with Crippen molar-refractivity contribution < 1.29 is 0 Å². The third kappa shape index (κ3) is 4.07. The van der Waals surface area contributed by atoms with Crippen LogP contribution in [-0.2, 0) is 6.54 Å². The molecule has 1 N–H and O–H groups in total. The molecule has 1 aromatic carbocycles. The second-order valence-electron chi connectivity index (χ2n) is 6.74. The molecule has 2 fully saturated rings. The number of nitrogens with zero attached hydrogens (tertiary/aromatic N) is 1. The van der Waals surface area contributed by atoms with E-state index in [2.05, 4.69) is 47.5 Å². The largest absolute Gasteiger partial charge is 0.312 e. The van der Waals surface area contributed by atoms with Gasteiger partial charge >= 0.3 is 0 Å². The van der Waals surface area contributed by atoms with E-state index in [0.29, 0.717) is 6.04 Å². The van der Waals surface area contributed by atoms with Gasteiger partial charge < -0.3 is 5.32 Å². The molecule has 0 spiro atoms. The highest BCUT2D eigenvalue weighted by Crippen LogP contribution is 2.28. The standard InChI is InChI=1S/C18H28N2/c1-2-15-10-18(19-11-16-8-9-16)14-20(12-15)13-17-6-4-3-5-7-17/h3-7,15-16,18-19H,2,8-14H2,1H3. The summed E-state index contributed by atoms with van der Waals surface area (Å²) >= 11 is 0. The first-order valence-corrected chi connectivity index (χ1v) is 8.33. The molecule has 3 rings (SSSR count). The number of piperidine rings is 1. The molecule has 0 radical (unpaired) electrons. The van der Waals surface area contributed by atoms with Crippen molar-refractivity contribution in [1.29, 1.82) is 0 Å². The third-order valence-corrected chi connectivity index (χ3v) is 4.83. The SMILES string of the molecule is CCC1CC(NCC2CC2)CN(Cc2ccccc2)C1. The number of benzene rings is 1. The van der Waals surface area contributed by atoms with Gasteiger partial charge in [-0.2, -0.15) is 0 Å². The zero-order chi connectivity index (χ0) is 13.8. The maximum atomic E-state index is 3.82. The summed E-state index contributed by atoms with van der Waals surface area (Å²) in [5, 5.41) is 3.82. The Hall–Kier alpha value is -0.860. The van der Waals surface area contributed by atoms with Crippen LogP contribution in [0.15, 0.2) is 30.3 Å². The summed E-state index contributed by atoms with van der Waals surface area (Å²) in [5.41, 5.74) is 1.45. The van der Waals surface area contributed by atoms with Gasteiger partial charge in [0.1, 0.15) is 0 Å². The summed E-state index contributed by atoms with van der Waals surface area (Å²) in [7, 11) is 0. The Morgan fingerprint density at radius 3 is 2.60 bits per heavy atom. The highest BCUT2D eigenvalue weighted by Gasteiger charge is 2.28. The van der Waals surface area contributed by atoms with Crippen LogP contribution in [0.4, 0.5) is 0 Å². The molecule has 1 aliphatic carbocycles. The van der Waals surface area contributed by atoms with E-state index in [-0.39, 0.29) is 0 Å². The van der Waals surface area contributed by atoms with Gasteiger partial charge in [0.05, 0.1) is 0 Å². The maximum Gasteiger partial charge on any atom is 0.0234 e. The molecule has 2 unspecified atom stereocenters. The van der Waals surface area contributed by atoms with Gasteiger partial charge in [0.2, 0.25) is 0 Å². The molecular formula is C18H28N2. The zero-order valence-corrected chi connectivity index (χ0v) is 12.7. The molecule has 0 aromatic heterocycles. The molecular weight excluding hydrogens is 244 g/mol. The summed E-state index contributed by atoms with van der Waals surface area (Å²) in [6.45, 7) is 7.19. The molecule has 0 amide bonds. The van der Waals surface area contributed by atoms with E-state index < -0.39 is 0 Å². The Balaban J connectivity index is 1.55. The first kappa shape index (κ1) is 14.1. The number of hydrogen-bond acceptors (Lipinski definition) is 2. The van der Waals surface area contributed by atoms with Gasteiger partial charge in [0, 0.05) is 25.7 Å². The van der Waals surface area contributed by atoms with Crippen molar-refractivity contribution >= 4 is 0 Å². The van der Waals surface area contributed by atoms with E-state index >= 15 is 0 Å². The van der Waals surface area contributed by atoms with Gasteiger partial charge in [-0.3, -0.25) is 4.90 Å². The second kappa shape index (κ2) is 6.73. The fourth-order valence-electron chi connectivity index (χ4n) is 3.37. The number of hydrogen-bond donors (Lipinski definition) is 1. The Bertz CT molecular complexity index is 399. The lowest BCUT2D eigenvalue weighted by molar-refractivity contribution is 0.131. The van der Waals surface area contributed by atoms with Crippen molar-refractivity contribution in [3.05, 3.63) is 35.9 Å². The van der Waals surface area contributed by atoms with E-state index in [1.165, 1.54) is 50.9 Å². The number of likely N-dealkylation sites (tertiary alicyclic amines) is 1. The molecule has 2 heteroatoms. The molecule has 110 valence electrons. The quantitative estimate of drug-likeness (QED) is 0.855. The van der Waals surface area contributed by atoms with Crippen LogP contribution in [0.5, 0.6) is 0 Å². The zero-order valence-electron chi connectivity index (χ0n) is 12.7. The minimum atomic E-state index is 0.706. The van der Waals surface area contributed by atoms with Crippen molar-refractivity contribution in [2.24, 2.45) is 11.8 Å². The average Bonchev–Trinajstić information content (AvgIpc) is 3.30. The Kier molecular flexibility index (Phi) is 4.74. The van der Waals surface area contributed by atoms with Crippen LogP contribution in [0.3, 0.4) is 0 Å². The predicted molar refractivity (Wildman–Crippen MR) is 84.6 cm³/mol. The molecule has 2 atom stereocenters. The van der Waals surface area contributed by atoms with Gasteiger partial charge in [-0.1, -0.05) is 43.7 Å². The van der Waals surface area contributed by atoms with Gasteiger partial charge in [0.25, 0.3) is 0 Å². The van der Waals surface area contributed by atoms with Crippen LogP contribution < -0.4 is 5.32 Å². The molecule has 1 aromatic rings. The van der Waals surface area contributed by atoms with Crippen molar-refractivity contribution in [3.63, 3.8) is 0 Å². The van der Waals surface area contributed by atoms with E-state index in [4.69, 9.17) is 0 Å². The van der Waals surface area contributed by atoms with Crippen LogP contribution in [0.25, 0.3) is 0 Å². The number of rotatable bonds is 6. The monoisotopic (exact) mass is 272 g/mol. The fourth-order valence-corrected chi connectivity index (χ4v) is 3.37. The van der Waals surface area contributed by atoms with E-state index in [1.807, 2.05) is 0 Å². The minimum Gasteiger partial charge on any atom is -0.312 e. The molecule has 20 heavy (non-hydrogen) atoms. The molecule has 1 saturated carbocycles. The number of nitrogens with one attached hydrogen (secondary N) is 1. The molecule has 0 bridgehead atoms. The normalized spacial score (nSPS) is 27.6. The molecule has 1 aliphatic heterocycles. The van der Waals surface area contributed by atoms with E-state index in [9.17, 15) is 0 Å². The maximum absolute atomic E-state index is 3.82. The topological polar surface area (TPSA) is 15.3 Å². The lowest BCUT2D eigenvalue weighted by atomic mass is 9.91. The van der Waals surface area contributed by atoms with Crippen molar-refractivity contribution in [3.8, 4) is 0 Å². The lowest BCUT2D eigenvalue weighted by Gasteiger charge is -2.38. The third-order valence-electron chi connectivity index (χ3n) is 4.83. The van der Waals surface area contributed by atoms with E-state index in [0.717, 1.165) is 18.4 Å². The molecule has 2 nitrogen and oxygen atoms in total. The van der Waals surface area contributed by atoms with Crippen LogP contribution in [0, 0.1) is 11.8 Å². The summed E-state index contributed by atoms with van der Waals surface area (Å²) in [6.07, 6.45) is 5.58. The summed E-state index contributed by atoms with van der Waals surface area (Å²) in [4.78, 5) is 2.65. The first-order valence-electron chi connectivity index (χ1n) is 8.33. The minimum absolute atomic E-state index is 0.706. The highest BCUT2D eigenvalue weighted by molar-refractivity contribution is 5.14. The average molecular weight is 272 g/mol. The van der Waals surface area contributed by atoms with Crippen molar-refractivity contribution in [1.82, 2.24) is 10.2 Å². The fraction of sp³-hybridized carbons (Fsp3) is 0.667. The van der Waals surface area contributed by atoms with Crippen LogP contribution in [0.1, 0.15) is 38.2 Å². The van der Waals surface area contributed by atoms with Crippen LogP contribution >= 0.6 is 0 Å². The van der Waals surface area contributed by atoms with Gasteiger partial charge in [-0.05, 0) is 43.2 Å². The molecule has 2 aliphatic rings. The molecule has 1 saturated heterocycles. The first-order chi connectivity index (χ1) is 9.83. The Morgan fingerprint density at radius 1 is 1.10 bits per heavy atom. The highest BCUT2D eigenvalue weighted by atomic mass is 15.2. The smallest absolute Gasteiger partial charge is 0.0234 e. The van der Waals surface area contributed by atoms with E-state index in [1.54, 1.807) is 0 Å². The Morgan fingerprint density at radius 2 is 1.90 bits per heavy atom. The summed E-state index contributed by atoms with van der Waals surface area (Å²) in [5.74, 6) is 1.85. The van der Waals surface area contributed by atoms with Gasteiger partial charge in [0.15, 0.2) is 0 Å². The van der Waals surface area contributed by atoms with Crippen LogP contribution in [0.2, 0.25) is 0 Å². The van der Waals surface area contributed by atoms with Gasteiger partial charge in [-0.25, -0.2) is 0 Å². The van der Waals surface area contributed by atoms with Gasteiger partial charge in [-0.15, -0.1) is 0 Å². The summed E-state index contributed by atoms with van der Waals surface area (Å²) in [6, 6.07) is 11.6. The predicted octanol–water partition coefficient (Wildman–Crippen LogP) is 3.29.